The Morgan fingerprint density at radius 2 is 1.94 bits per heavy atom. The Bertz CT molecular complexity index is 460. The van der Waals surface area contributed by atoms with E-state index in [0.29, 0.717) is 5.75 Å². The number of benzene rings is 1. The first-order chi connectivity index (χ1) is 7.70. The zero-order chi connectivity index (χ0) is 13.2. The molecule has 0 N–H and O–H groups in total. The summed E-state index contributed by atoms with van der Waals surface area (Å²) < 4.78 is 5.59. The van der Waals surface area contributed by atoms with Crippen LogP contribution in [0.1, 0.15) is 38.1 Å². The van der Waals surface area contributed by atoms with Crippen LogP contribution in [-0.4, -0.2) is 16.3 Å². The molecule has 5 nitrogen and oxygen atoms in total. The van der Waals surface area contributed by atoms with Gasteiger partial charge in [0.15, 0.2) is 5.78 Å². The highest BCUT2D eigenvalue weighted by Crippen LogP contribution is 2.27. The van der Waals surface area contributed by atoms with Gasteiger partial charge in [0, 0.05) is 12.1 Å². The van der Waals surface area contributed by atoms with Crippen molar-refractivity contribution < 1.29 is 14.5 Å². The van der Waals surface area contributed by atoms with Crippen LogP contribution in [0.15, 0.2) is 18.2 Å². The van der Waals surface area contributed by atoms with Gasteiger partial charge in [0.1, 0.15) is 11.4 Å². The number of nitro groups is 1. The zero-order valence-corrected chi connectivity index (χ0v) is 10.3. The van der Waals surface area contributed by atoms with Crippen molar-refractivity contribution in [2.45, 2.75) is 33.3 Å². The largest absolute Gasteiger partial charge is 0.487 e. The molecule has 0 saturated carbocycles. The van der Waals surface area contributed by atoms with Gasteiger partial charge in [0.2, 0.25) is 0 Å². The number of ketones is 1. The van der Waals surface area contributed by atoms with Crippen molar-refractivity contribution in [2.75, 3.05) is 0 Å². The van der Waals surface area contributed by atoms with Gasteiger partial charge in [-0.05, 0) is 33.8 Å². The van der Waals surface area contributed by atoms with Gasteiger partial charge >= 0.3 is 0 Å². The molecule has 0 bridgehead atoms. The van der Waals surface area contributed by atoms with E-state index in [1.54, 1.807) is 0 Å². The van der Waals surface area contributed by atoms with Crippen molar-refractivity contribution in [1.82, 2.24) is 0 Å². The summed E-state index contributed by atoms with van der Waals surface area (Å²) in [6.07, 6.45) is 0. The van der Waals surface area contributed by atoms with Crippen LogP contribution in [0, 0.1) is 10.1 Å². The third kappa shape index (κ3) is 3.55. The highest BCUT2D eigenvalue weighted by atomic mass is 16.6. The molecule has 0 amide bonds. The van der Waals surface area contributed by atoms with E-state index in [4.69, 9.17) is 4.74 Å². The zero-order valence-electron chi connectivity index (χ0n) is 10.3. The van der Waals surface area contributed by atoms with E-state index < -0.39 is 10.5 Å². The number of Topliss-reactive ketones (excluding diaryl/α,β-unsaturated/α-hetero) is 1. The van der Waals surface area contributed by atoms with Crippen LogP contribution in [0.2, 0.25) is 0 Å². The Morgan fingerprint density at radius 3 is 2.35 bits per heavy atom. The van der Waals surface area contributed by atoms with Crippen LogP contribution in [-0.2, 0) is 0 Å². The molecule has 92 valence electrons. The SMILES string of the molecule is CC(=O)c1cc([N+](=O)[O-])ccc1OC(C)(C)C. The smallest absolute Gasteiger partial charge is 0.270 e. The number of hydrogen-bond donors (Lipinski definition) is 0. The summed E-state index contributed by atoms with van der Waals surface area (Å²) in [5.41, 5.74) is -0.342. The first-order valence-electron chi connectivity index (χ1n) is 5.19. The fourth-order valence-electron chi connectivity index (χ4n) is 1.33. The molecule has 0 unspecified atom stereocenters. The maximum Gasteiger partial charge on any atom is 0.270 e. The Balaban J connectivity index is 3.23. The number of rotatable bonds is 3. The summed E-state index contributed by atoms with van der Waals surface area (Å²) in [4.78, 5) is 21.5. The topological polar surface area (TPSA) is 69.4 Å². The van der Waals surface area contributed by atoms with Crippen LogP contribution in [0.4, 0.5) is 5.69 Å². The van der Waals surface area contributed by atoms with Crippen molar-refractivity contribution in [2.24, 2.45) is 0 Å². The molecule has 1 rings (SSSR count). The van der Waals surface area contributed by atoms with Gasteiger partial charge in [0.25, 0.3) is 5.69 Å². The Labute approximate surface area is 99.5 Å². The van der Waals surface area contributed by atoms with Crippen molar-refractivity contribution in [3.05, 3.63) is 33.9 Å². The molecule has 17 heavy (non-hydrogen) atoms. The number of carbonyl (C=O) groups is 1. The van der Waals surface area contributed by atoms with Crippen molar-refractivity contribution >= 4 is 11.5 Å². The minimum atomic E-state index is -0.534. The van der Waals surface area contributed by atoms with Crippen LogP contribution in [0.25, 0.3) is 0 Å². The summed E-state index contributed by atoms with van der Waals surface area (Å²) in [5, 5.41) is 10.6. The van der Waals surface area contributed by atoms with Gasteiger partial charge in [0.05, 0.1) is 10.5 Å². The number of nitro benzene ring substituents is 1. The van der Waals surface area contributed by atoms with E-state index >= 15 is 0 Å². The van der Waals surface area contributed by atoms with Crippen LogP contribution >= 0.6 is 0 Å². The summed E-state index contributed by atoms with van der Waals surface area (Å²) in [6, 6.07) is 4.02. The number of non-ortho nitro benzene ring substituents is 1. The van der Waals surface area contributed by atoms with Crippen LogP contribution < -0.4 is 4.74 Å². The first-order valence-corrected chi connectivity index (χ1v) is 5.19. The normalized spacial score (nSPS) is 11.1. The lowest BCUT2D eigenvalue weighted by atomic mass is 10.1. The molecule has 0 atom stereocenters. The second-order valence-electron chi connectivity index (χ2n) is 4.71. The highest BCUT2D eigenvalue weighted by molar-refractivity contribution is 5.97. The van der Waals surface area contributed by atoms with Gasteiger partial charge in [-0.25, -0.2) is 0 Å². The number of hydrogen-bond acceptors (Lipinski definition) is 4. The molecule has 0 spiro atoms. The Kier molecular flexibility index (Phi) is 3.50. The Morgan fingerprint density at radius 1 is 1.35 bits per heavy atom. The molecule has 0 saturated heterocycles. The minimum absolute atomic E-state index is 0.114. The molecule has 5 heteroatoms. The van der Waals surface area contributed by atoms with Crippen molar-refractivity contribution in [1.29, 1.82) is 0 Å². The minimum Gasteiger partial charge on any atom is -0.487 e. The fraction of sp³-hybridized carbons (Fsp3) is 0.417. The average Bonchev–Trinajstić information content (AvgIpc) is 2.14. The van der Waals surface area contributed by atoms with Gasteiger partial charge < -0.3 is 4.74 Å². The second kappa shape index (κ2) is 4.53. The number of carbonyl (C=O) groups excluding carboxylic acids is 1. The Hall–Kier alpha value is -1.91. The van der Waals surface area contributed by atoms with Gasteiger partial charge in [-0.3, -0.25) is 14.9 Å². The monoisotopic (exact) mass is 237 g/mol. The number of nitrogens with zero attached hydrogens (tertiary/aromatic N) is 1. The molecular formula is C12H15NO4. The first kappa shape index (κ1) is 13.2. The van der Waals surface area contributed by atoms with E-state index in [0.717, 1.165) is 0 Å². The summed E-state index contributed by atoms with van der Waals surface area (Å²) in [7, 11) is 0. The third-order valence-corrected chi connectivity index (χ3v) is 1.97. The lowest BCUT2D eigenvalue weighted by molar-refractivity contribution is -0.384. The lowest BCUT2D eigenvalue weighted by Crippen LogP contribution is -2.24. The third-order valence-electron chi connectivity index (χ3n) is 1.97. The quantitative estimate of drug-likeness (QED) is 0.460. The molecule has 0 aliphatic rings. The molecule has 0 heterocycles. The van der Waals surface area contributed by atoms with E-state index in [9.17, 15) is 14.9 Å². The summed E-state index contributed by atoms with van der Waals surface area (Å²) >= 11 is 0. The second-order valence-corrected chi connectivity index (χ2v) is 4.71. The van der Waals surface area contributed by atoms with Crippen molar-refractivity contribution in [3.63, 3.8) is 0 Å². The van der Waals surface area contributed by atoms with E-state index in [-0.39, 0.29) is 17.0 Å². The molecule has 0 radical (unpaired) electrons. The molecule has 0 aromatic heterocycles. The van der Waals surface area contributed by atoms with Gasteiger partial charge in [-0.2, -0.15) is 0 Å². The van der Waals surface area contributed by atoms with Crippen LogP contribution in [0.5, 0.6) is 5.75 Å². The maximum absolute atomic E-state index is 11.4. The predicted octanol–water partition coefficient (Wildman–Crippen LogP) is 2.97. The van der Waals surface area contributed by atoms with Gasteiger partial charge in [-0.15, -0.1) is 0 Å². The average molecular weight is 237 g/mol. The molecule has 1 aromatic rings. The van der Waals surface area contributed by atoms with E-state index in [1.165, 1.54) is 25.1 Å². The van der Waals surface area contributed by atoms with E-state index in [2.05, 4.69) is 0 Å². The highest BCUT2D eigenvalue weighted by Gasteiger charge is 2.19. The lowest BCUT2D eigenvalue weighted by Gasteiger charge is -2.22. The molecular weight excluding hydrogens is 222 g/mol. The molecule has 0 aliphatic carbocycles. The van der Waals surface area contributed by atoms with E-state index in [1.807, 2.05) is 20.8 Å². The summed E-state index contributed by atoms with van der Waals surface area (Å²) in [5.74, 6) is 0.114. The number of ether oxygens (including phenoxy) is 1. The molecule has 0 fully saturated rings. The van der Waals surface area contributed by atoms with Gasteiger partial charge in [-0.1, -0.05) is 0 Å². The van der Waals surface area contributed by atoms with Crippen molar-refractivity contribution in [3.8, 4) is 5.75 Å². The molecule has 0 aliphatic heterocycles. The maximum atomic E-state index is 11.4. The fourth-order valence-corrected chi connectivity index (χ4v) is 1.33. The summed E-state index contributed by atoms with van der Waals surface area (Å²) in [6.45, 7) is 6.89. The van der Waals surface area contributed by atoms with Crippen LogP contribution in [0.3, 0.4) is 0 Å². The predicted molar refractivity (Wildman–Crippen MR) is 63.5 cm³/mol. The standard InChI is InChI=1S/C12H15NO4/c1-8(14)10-7-9(13(15)16)5-6-11(10)17-12(2,3)4/h5-7H,1-4H3. The molecule has 1 aromatic carbocycles.